The summed E-state index contributed by atoms with van der Waals surface area (Å²) in [4.78, 5) is 22.7. The number of aryl methyl sites for hydroxylation is 1. The smallest absolute Gasteiger partial charge is 0.410 e. The second-order valence-electron chi connectivity index (χ2n) is 10.7. The topological polar surface area (TPSA) is 98.8 Å². The molecule has 5 rings (SSSR count). The van der Waals surface area contributed by atoms with Gasteiger partial charge in [-0.3, -0.25) is 9.08 Å². The van der Waals surface area contributed by atoms with Gasteiger partial charge in [-0.1, -0.05) is 6.07 Å². The molecule has 1 N–H and O–H groups in total. The number of hydrogen-bond acceptors (Lipinski definition) is 7. The number of amides is 1. The molecule has 1 aliphatic rings. The zero-order valence-electron chi connectivity index (χ0n) is 22.7. The summed E-state index contributed by atoms with van der Waals surface area (Å²) in [6.07, 6.45) is 1.80. The molecule has 40 heavy (non-hydrogen) atoms. The highest BCUT2D eigenvalue weighted by Gasteiger charge is 2.51. The number of pyridine rings is 2. The lowest BCUT2D eigenvalue weighted by Crippen LogP contribution is -2.38. The van der Waals surface area contributed by atoms with Crippen molar-refractivity contribution in [1.29, 1.82) is 0 Å². The van der Waals surface area contributed by atoms with Crippen molar-refractivity contribution in [2.45, 2.75) is 38.6 Å². The lowest BCUT2D eigenvalue weighted by Gasteiger charge is -2.24. The van der Waals surface area contributed by atoms with E-state index in [1.54, 1.807) is 69.2 Å². The third-order valence-corrected chi connectivity index (χ3v) is 6.58. The average Bonchev–Trinajstić information content (AvgIpc) is 3.60. The summed E-state index contributed by atoms with van der Waals surface area (Å²) in [5.41, 5.74) is 2.57. The second-order valence-corrected chi connectivity index (χ2v) is 10.7. The van der Waals surface area contributed by atoms with E-state index in [-0.39, 0.29) is 12.4 Å². The first-order valence-electron chi connectivity index (χ1n) is 12.6. The van der Waals surface area contributed by atoms with E-state index in [2.05, 4.69) is 20.4 Å². The van der Waals surface area contributed by atoms with Crippen molar-refractivity contribution in [1.82, 2.24) is 29.0 Å². The Morgan fingerprint density at radius 2 is 1.90 bits per heavy atom. The Labute approximate surface area is 228 Å². The van der Waals surface area contributed by atoms with Crippen LogP contribution < -0.4 is 10.1 Å². The molecule has 0 saturated carbocycles. The molecule has 1 saturated heterocycles. The Hall–Kier alpha value is -4.29. The molecule has 4 aromatic heterocycles. The molecular formula is C27H30F3N7O3. The zero-order chi connectivity index (χ0) is 28.8. The summed E-state index contributed by atoms with van der Waals surface area (Å²) < 4.78 is 56.2. The number of likely N-dealkylation sites (tertiary alicyclic amines) is 1. The van der Waals surface area contributed by atoms with Gasteiger partial charge in [0.2, 0.25) is 0 Å². The van der Waals surface area contributed by atoms with Gasteiger partial charge in [0.25, 0.3) is 0 Å². The number of rotatable bonds is 5. The molecule has 13 heteroatoms. The number of imidazole rings is 1. The SMILES string of the molecule is COc1cc2ncc(-c3cccc(N[C@H]4CN(C(=O)OC(C)(C)C)C[C@@H]4C(F)(F)F)n3)n2cc1-c1cnn(C)c1. The molecule has 1 fully saturated rings. The van der Waals surface area contributed by atoms with E-state index in [9.17, 15) is 18.0 Å². The van der Waals surface area contributed by atoms with E-state index < -0.39 is 36.4 Å². The maximum absolute atomic E-state index is 13.9. The summed E-state index contributed by atoms with van der Waals surface area (Å²) in [5.74, 6) is -0.912. The number of nitrogens with one attached hydrogen (secondary N) is 1. The van der Waals surface area contributed by atoms with Crippen LogP contribution >= 0.6 is 0 Å². The molecule has 0 unspecified atom stereocenters. The standard InChI is InChI=1S/C27H30F3N7O3/c1-26(2,3)40-25(38)36-14-18(27(28,29)30)20(15-36)34-23-8-6-7-19(33-23)21-11-31-24-9-22(39-5)17(13-37(21)24)16-10-32-35(4)12-16/h6-13,18,20H,14-15H2,1-5H3,(H,33,34)/t18-,20-/m0/s1. The number of halogens is 3. The van der Waals surface area contributed by atoms with Crippen molar-refractivity contribution >= 4 is 17.6 Å². The first-order chi connectivity index (χ1) is 18.8. The first kappa shape index (κ1) is 27.3. The van der Waals surface area contributed by atoms with E-state index in [1.807, 2.05) is 23.8 Å². The number of fused-ring (bicyclic) bond motifs is 1. The number of hydrogen-bond donors (Lipinski definition) is 1. The predicted octanol–water partition coefficient (Wildman–Crippen LogP) is 5.02. The van der Waals surface area contributed by atoms with E-state index in [4.69, 9.17) is 9.47 Å². The van der Waals surface area contributed by atoms with Crippen LogP contribution in [0.1, 0.15) is 20.8 Å². The predicted molar refractivity (Wildman–Crippen MR) is 142 cm³/mol. The number of methoxy groups -OCH3 is 1. The highest BCUT2D eigenvalue weighted by molar-refractivity contribution is 5.74. The van der Waals surface area contributed by atoms with Crippen LogP contribution in [0.15, 0.2) is 49.1 Å². The van der Waals surface area contributed by atoms with Gasteiger partial charge in [-0.2, -0.15) is 18.3 Å². The van der Waals surface area contributed by atoms with Crippen molar-refractivity contribution < 1.29 is 27.4 Å². The maximum Gasteiger partial charge on any atom is 0.410 e. The highest BCUT2D eigenvalue weighted by Crippen LogP contribution is 2.36. The lowest BCUT2D eigenvalue weighted by molar-refractivity contribution is -0.171. The van der Waals surface area contributed by atoms with Gasteiger partial charge in [0.05, 0.1) is 42.9 Å². The van der Waals surface area contributed by atoms with Gasteiger partial charge < -0.3 is 19.7 Å². The van der Waals surface area contributed by atoms with Crippen molar-refractivity contribution in [2.75, 3.05) is 25.5 Å². The lowest BCUT2D eigenvalue weighted by atomic mass is 10.0. The van der Waals surface area contributed by atoms with Gasteiger partial charge in [0.1, 0.15) is 22.8 Å². The molecule has 0 bridgehead atoms. The molecule has 0 spiro atoms. The van der Waals surface area contributed by atoms with Gasteiger partial charge in [-0.25, -0.2) is 14.8 Å². The largest absolute Gasteiger partial charge is 0.496 e. The van der Waals surface area contributed by atoms with Crippen LogP contribution in [0.25, 0.3) is 28.2 Å². The Bertz CT molecular complexity index is 1540. The minimum atomic E-state index is -4.52. The second kappa shape index (κ2) is 10.0. The molecule has 0 aliphatic carbocycles. The van der Waals surface area contributed by atoms with E-state index in [1.165, 1.54) is 0 Å². The molecule has 2 atom stereocenters. The Morgan fingerprint density at radius 1 is 1.12 bits per heavy atom. The Kier molecular flexibility index (Phi) is 6.84. The fourth-order valence-corrected chi connectivity index (χ4v) is 4.75. The zero-order valence-corrected chi connectivity index (χ0v) is 22.7. The van der Waals surface area contributed by atoms with Crippen LogP contribution in [0.3, 0.4) is 0 Å². The summed E-state index contributed by atoms with van der Waals surface area (Å²) in [5, 5.41) is 7.15. The number of ether oxygens (including phenoxy) is 2. The normalized spacial score (nSPS) is 17.9. The molecule has 0 radical (unpaired) electrons. The molecule has 1 amide bonds. The minimum absolute atomic E-state index is 0.172. The third kappa shape index (κ3) is 5.54. The van der Waals surface area contributed by atoms with E-state index in [0.29, 0.717) is 22.8 Å². The van der Waals surface area contributed by atoms with E-state index in [0.717, 1.165) is 16.0 Å². The van der Waals surface area contributed by atoms with Crippen LogP contribution in [-0.4, -0.2) is 73.2 Å². The van der Waals surface area contributed by atoms with Crippen LogP contribution in [0.4, 0.5) is 23.8 Å². The molecular weight excluding hydrogens is 527 g/mol. The molecule has 10 nitrogen and oxygen atoms in total. The quantitative estimate of drug-likeness (QED) is 0.368. The van der Waals surface area contributed by atoms with Crippen LogP contribution in [0.5, 0.6) is 5.75 Å². The van der Waals surface area contributed by atoms with Gasteiger partial charge in [0, 0.05) is 49.7 Å². The summed E-state index contributed by atoms with van der Waals surface area (Å²) in [7, 11) is 3.40. The molecule has 212 valence electrons. The van der Waals surface area contributed by atoms with Crippen LogP contribution in [0, 0.1) is 5.92 Å². The Balaban J connectivity index is 1.44. The average molecular weight is 558 g/mol. The van der Waals surface area contributed by atoms with E-state index >= 15 is 0 Å². The van der Waals surface area contributed by atoms with Gasteiger partial charge in [-0.05, 0) is 32.9 Å². The highest BCUT2D eigenvalue weighted by atomic mass is 19.4. The van der Waals surface area contributed by atoms with Crippen molar-refractivity contribution in [3.05, 3.63) is 49.1 Å². The summed E-state index contributed by atoms with van der Waals surface area (Å²) >= 11 is 0. The fourth-order valence-electron chi connectivity index (χ4n) is 4.75. The minimum Gasteiger partial charge on any atom is -0.496 e. The Morgan fingerprint density at radius 3 is 2.55 bits per heavy atom. The summed E-state index contributed by atoms with van der Waals surface area (Å²) in [6.45, 7) is 4.34. The number of anilines is 1. The molecule has 0 aromatic carbocycles. The number of carbonyl (C=O) groups excluding carboxylic acids is 1. The summed E-state index contributed by atoms with van der Waals surface area (Å²) in [6, 6.07) is 5.76. The molecule has 1 aliphatic heterocycles. The first-order valence-corrected chi connectivity index (χ1v) is 12.6. The molecule has 5 heterocycles. The van der Waals surface area contributed by atoms with Gasteiger partial charge >= 0.3 is 12.3 Å². The van der Waals surface area contributed by atoms with Crippen molar-refractivity contribution in [3.63, 3.8) is 0 Å². The number of nitrogens with zero attached hydrogens (tertiary/aromatic N) is 6. The number of alkyl halides is 3. The molecule has 4 aromatic rings. The fraction of sp³-hybridized carbons (Fsp3) is 0.407. The van der Waals surface area contributed by atoms with Gasteiger partial charge in [-0.15, -0.1) is 0 Å². The van der Waals surface area contributed by atoms with Crippen molar-refractivity contribution in [3.8, 4) is 28.3 Å². The van der Waals surface area contributed by atoms with Crippen molar-refractivity contribution in [2.24, 2.45) is 13.0 Å². The number of carbonyl (C=O) groups is 1. The third-order valence-electron chi connectivity index (χ3n) is 6.58. The van der Waals surface area contributed by atoms with Gasteiger partial charge in [0.15, 0.2) is 0 Å². The number of aromatic nitrogens is 5. The monoisotopic (exact) mass is 557 g/mol. The van der Waals surface area contributed by atoms with Crippen LogP contribution in [-0.2, 0) is 11.8 Å². The maximum atomic E-state index is 13.9. The van der Waals surface area contributed by atoms with Crippen LogP contribution in [0.2, 0.25) is 0 Å².